The van der Waals surface area contributed by atoms with Gasteiger partial charge in [0.2, 0.25) is 0 Å². The summed E-state index contributed by atoms with van der Waals surface area (Å²) in [6.45, 7) is 8.29. The summed E-state index contributed by atoms with van der Waals surface area (Å²) < 4.78 is 1.05. The topological polar surface area (TPSA) is 24.9 Å². The molecule has 1 aromatic heterocycles. The molecule has 0 aliphatic heterocycles. The Bertz CT molecular complexity index is 468. The molecule has 1 N–H and O–H groups in total. The molecule has 1 aromatic rings. The predicted octanol–water partition coefficient (Wildman–Crippen LogP) is 4.15. The van der Waals surface area contributed by atoms with Crippen LogP contribution in [0, 0.1) is 16.7 Å². The Morgan fingerprint density at radius 2 is 2.16 bits per heavy atom. The summed E-state index contributed by atoms with van der Waals surface area (Å²) in [6, 6.07) is 4.81. The second-order valence-electron chi connectivity index (χ2n) is 7.01. The Labute approximate surface area is 124 Å². The van der Waals surface area contributed by atoms with Crippen molar-refractivity contribution in [3.8, 4) is 0 Å². The largest absolute Gasteiger partial charge is 0.308 e. The van der Waals surface area contributed by atoms with E-state index in [2.05, 4.69) is 59.1 Å². The van der Waals surface area contributed by atoms with Gasteiger partial charge in [0, 0.05) is 23.3 Å². The lowest BCUT2D eigenvalue weighted by molar-refractivity contribution is 0.120. The second-order valence-corrected chi connectivity index (χ2v) is 7.93. The van der Waals surface area contributed by atoms with E-state index >= 15 is 0 Å². The molecular weight excluding hydrogens is 300 g/mol. The third-order valence-electron chi connectivity index (χ3n) is 6.11. The Balaban J connectivity index is 1.67. The van der Waals surface area contributed by atoms with Gasteiger partial charge in [-0.05, 0) is 64.1 Å². The fraction of sp³-hybridized carbons (Fsp3) is 0.688. The summed E-state index contributed by atoms with van der Waals surface area (Å²) >= 11 is 3.43. The zero-order chi connectivity index (χ0) is 13.7. The van der Waals surface area contributed by atoms with Crippen molar-refractivity contribution in [3.05, 3.63) is 28.5 Å². The first-order valence-electron chi connectivity index (χ1n) is 7.27. The monoisotopic (exact) mass is 322 g/mol. The van der Waals surface area contributed by atoms with E-state index in [4.69, 9.17) is 0 Å². The molecule has 2 nitrogen and oxygen atoms in total. The van der Waals surface area contributed by atoms with Gasteiger partial charge < -0.3 is 5.32 Å². The van der Waals surface area contributed by atoms with Gasteiger partial charge in [-0.15, -0.1) is 0 Å². The molecule has 2 fully saturated rings. The Morgan fingerprint density at radius 1 is 1.37 bits per heavy atom. The Morgan fingerprint density at radius 3 is 2.68 bits per heavy atom. The maximum atomic E-state index is 4.45. The van der Waals surface area contributed by atoms with Crippen LogP contribution < -0.4 is 5.32 Å². The normalized spacial score (nSPS) is 35.8. The molecule has 0 saturated heterocycles. The summed E-state index contributed by atoms with van der Waals surface area (Å²) in [6.07, 6.45) is 6.00. The minimum Gasteiger partial charge on any atom is -0.308 e. The van der Waals surface area contributed by atoms with E-state index in [9.17, 15) is 0 Å². The average Bonchev–Trinajstić information content (AvgIpc) is 2.71. The van der Waals surface area contributed by atoms with E-state index in [1.54, 1.807) is 0 Å². The van der Waals surface area contributed by atoms with Crippen LogP contribution in [0.2, 0.25) is 0 Å². The van der Waals surface area contributed by atoms with Gasteiger partial charge in [0.15, 0.2) is 0 Å². The Hall–Kier alpha value is -0.410. The zero-order valence-corrected chi connectivity index (χ0v) is 13.6. The maximum absolute atomic E-state index is 4.45. The van der Waals surface area contributed by atoms with Crippen LogP contribution in [0.25, 0.3) is 0 Å². The molecule has 3 unspecified atom stereocenters. The number of aromatic nitrogens is 1. The number of fused-ring (bicyclic) bond motifs is 2. The standard InChI is InChI=1S/C16H23BrN2/c1-15(2)11-6-7-16(15,3)14(8-11)19-10-13-5-4-12(17)9-18-13/h4-5,9,11,14,19H,6-8,10H2,1-3H3. The highest BCUT2D eigenvalue weighted by Gasteiger charge is 2.60. The molecule has 19 heavy (non-hydrogen) atoms. The Kier molecular flexibility index (Phi) is 3.25. The van der Waals surface area contributed by atoms with Crippen LogP contribution in [0.15, 0.2) is 22.8 Å². The van der Waals surface area contributed by atoms with E-state index in [-0.39, 0.29) is 0 Å². The molecule has 0 spiro atoms. The van der Waals surface area contributed by atoms with Crippen LogP contribution in [-0.4, -0.2) is 11.0 Å². The van der Waals surface area contributed by atoms with Crippen LogP contribution in [0.3, 0.4) is 0 Å². The minimum atomic E-state index is 0.451. The van der Waals surface area contributed by atoms with Crippen LogP contribution in [0.1, 0.15) is 45.7 Å². The second kappa shape index (κ2) is 4.56. The van der Waals surface area contributed by atoms with Gasteiger partial charge in [-0.1, -0.05) is 20.8 Å². The molecule has 0 aromatic carbocycles. The van der Waals surface area contributed by atoms with Gasteiger partial charge in [0.1, 0.15) is 0 Å². The number of hydrogen-bond donors (Lipinski definition) is 1. The van der Waals surface area contributed by atoms with Crippen LogP contribution in [0.5, 0.6) is 0 Å². The predicted molar refractivity (Wildman–Crippen MR) is 81.8 cm³/mol. The van der Waals surface area contributed by atoms with Crippen LogP contribution >= 0.6 is 15.9 Å². The highest BCUT2D eigenvalue weighted by atomic mass is 79.9. The number of hydrogen-bond acceptors (Lipinski definition) is 2. The van der Waals surface area contributed by atoms with E-state index in [1.165, 1.54) is 19.3 Å². The third-order valence-corrected chi connectivity index (χ3v) is 6.58. The summed E-state index contributed by atoms with van der Waals surface area (Å²) in [5.41, 5.74) is 2.07. The summed E-state index contributed by atoms with van der Waals surface area (Å²) in [5, 5.41) is 3.77. The molecule has 2 saturated carbocycles. The van der Waals surface area contributed by atoms with Gasteiger partial charge in [0.25, 0.3) is 0 Å². The van der Waals surface area contributed by atoms with Gasteiger partial charge in [-0.3, -0.25) is 4.98 Å². The van der Waals surface area contributed by atoms with Crippen molar-refractivity contribution >= 4 is 15.9 Å². The van der Waals surface area contributed by atoms with Crippen LogP contribution in [-0.2, 0) is 6.54 Å². The summed E-state index contributed by atoms with van der Waals surface area (Å²) in [5.74, 6) is 0.896. The number of halogens is 1. The molecule has 3 atom stereocenters. The average molecular weight is 323 g/mol. The smallest absolute Gasteiger partial charge is 0.0542 e. The van der Waals surface area contributed by atoms with Gasteiger partial charge in [-0.2, -0.15) is 0 Å². The van der Waals surface area contributed by atoms with Crippen molar-refractivity contribution in [3.63, 3.8) is 0 Å². The first kappa shape index (κ1) is 13.6. The highest BCUT2D eigenvalue weighted by Crippen LogP contribution is 2.65. The highest BCUT2D eigenvalue weighted by molar-refractivity contribution is 9.10. The fourth-order valence-corrected chi connectivity index (χ4v) is 4.49. The van der Waals surface area contributed by atoms with Crippen LogP contribution in [0.4, 0.5) is 0 Å². The number of rotatable bonds is 3. The maximum Gasteiger partial charge on any atom is 0.0542 e. The lowest BCUT2D eigenvalue weighted by atomic mass is 9.69. The molecule has 3 heteroatoms. The fourth-order valence-electron chi connectivity index (χ4n) is 4.25. The number of nitrogens with zero attached hydrogens (tertiary/aromatic N) is 1. The van der Waals surface area contributed by atoms with Crippen molar-refractivity contribution in [2.45, 2.75) is 52.6 Å². The van der Waals surface area contributed by atoms with Gasteiger partial charge in [0.05, 0.1) is 5.69 Å². The van der Waals surface area contributed by atoms with E-state index in [1.807, 2.05) is 6.20 Å². The number of nitrogens with one attached hydrogen (secondary N) is 1. The van der Waals surface area contributed by atoms with Gasteiger partial charge >= 0.3 is 0 Å². The molecule has 3 rings (SSSR count). The quantitative estimate of drug-likeness (QED) is 0.904. The minimum absolute atomic E-state index is 0.451. The van der Waals surface area contributed by atoms with Crippen molar-refractivity contribution in [1.82, 2.24) is 10.3 Å². The lowest BCUT2D eigenvalue weighted by Crippen LogP contribution is -2.44. The first-order chi connectivity index (χ1) is 8.93. The van der Waals surface area contributed by atoms with Crippen molar-refractivity contribution < 1.29 is 0 Å². The molecule has 0 radical (unpaired) electrons. The first-order valence-corrected chi connectivity index (χ1v) is 8.06. The molecule has 2 aliphatic rings. The molecule has 2 bridgehead atoms. The van der Waals surface area contributed by atoms with Crippen molar-refractivity contribution in [2.24, 2.45) is 16.7 Å². The lowest BCUT2D eigenvalue weighted by Gasteiger charge is -2.39. The van der Waals surface area contributed by atoms with Gasteiger partial charge in [-0.25, -0.2) is 0 Å². The molecule has 0 amide bonds. The SMILES string of the molecule is CC1(C)C2CCC1(C)C(NCc1ccc(Br)cn1)C2. The van der Waals surface area contributed by atoms with E-state index < -0.39 is 0 Å². The summed E-state index contributed by atoms with van der Waals surface area (Å²) in [7, 11) is 0. The third kappa shape index (κ3) is 2.06. The molecule has 104 valence electrons. The molecular formula is C16H23BrN2. The number of pyridine rings is 1. The molecule has 1 heterocycles. The van der Waals surface area contributed by atoms with Crippen molar-refractivity contribution in [1.29, 1.82) is 0 Å². The molecule has 2 aliphatic carbocycles. The van der Waals surface area contributed by atoms with E-state index in [0.29, 0.717) is 16.9 Å². The zero-order valence-electron chi connectivity index (χ0n) is 12.0. The summed E-state index contributed by atoms with van der Waals surface area (Å²) in [4.78, 5) is 4.45. The van der Waals surface area contributed by atoms with Crippen molar-refractivity contribution in [2.75, 3.05) is 0 Å². The van der Waals surface area contributed by atoms with E-state index in [0.717, 1.165) is 22.6 Å².